The van der Waals surface area contributed by atoms with Crippen molar-refractivity contribution < 1.29 is 0 Å². The summed E-state index contributed by atoms with van der Waals surface area (Å²) >= 11 is 3.61. The van der Waals surface area contributed by atoms with Gasteiger partial charge in [-0.1, -0.05) is 26.0 Å². The Balaban J connectivity index is 2.00. The van der Waals surface area contributed by atoms with Crippen LogP contribution in [-0.2, 0) is 0 Å². The Kier molecular flexibility index (Phi) is 5.47. The first-order valence-electron chi connectivity index (χ1n) is 7.50. The van der Waals surface area contributed by atoms with E-state index in [1.165, 1.54) is 6.54 Å². The molecule has 1 heterocycles. The zero-order valence-electron chi connectivity index (χ0n) is 12.5. The molecule has 0 aliphatic carbocycles. The van der Waals surface area contributed by atoms with Gasteiger partial charge in [-0.15, -0.1) is 0 Å². The van der Waals surface area contributed by atoms with Gasteiger partial charge in [-0.25, -0.2) is 0 Å². The molecule has 1 aliphatic heterocycles. The minimum absolute atomic E-state index is 0.0390. The molecule has 0 bridgehead atoms. The smallest absolute Gasteiger partial charge is 0.0520 e. The largest absolute Gasteiger partial charge is 0.377 e. The van der Waals surface area contributed by atoms with Gasteiger partial charge in [-0.05, 0) is 46.8 Å². The zero-order valence-corrected chi connectivity index (χ0v) is 14.1. The van der Waals surface area contributed by atoms with Gasteiger partial charge in [0.05, 0.1) is 5.54 Å². The van der Waals surface area contributed by atoms with E-state index >= 15 is 0 Å². The van der Waals surface area contributed by atoms with Crippen molar-refractivity contribution in [1.29, 1.82) is 0 Å². The van der Waals surface area contributed by atoms with Crippen molar-refractivity contribution >= 4 is 21.6 Å². The van der Waals surface area contributed by atoms with Crippen LogP contribution in [0.1, 0.15) is 26.7 Å². The maximum absolute atomic E-state index is 6.09. The first-order valence-corrected chi connectivity index (χ1v) is 8.29. The van der Waals surface area contributed by atoms with Gasteiger partial charge in [0, 0.05) is 36.3 Å². The summed E-state index contributed by atoms with van der Waals surface area (Å²) in [7, 11) is 0. The number of benzene rings is 1. The first-order chi connectivity index (χ1) is 9.54. The average Bonchev–Trinajstić information content (AvgIpc) is 2.43. The van der Waals surface area contributed by atoms with Crippen LogP contribution in [0.4, 0.5) is 5.69 Å². The second kappa shape index (κ2) is 6.92. The molecule has 2 rings (SSSR count). The molecule has 0 radical (unpaired) electrons. The normalized spacial score (nSPS) is 19.2. The number of hydrogen-bond acceptors (Lipinski definition) is 3. The second-order valence-electron chi connectivity index (χ2n) is 6.28. The number of nitrogens with one attached hydrogen (secondary N) is 1. The van der Waals surface area contributed by atoms with Crippen molar-refractivity contribution in [3.8, 4) is 0 Å². The number of halogens is 1. The fraction of sp³-hybridized carbons (Fsp3) is 0.625. The van der Waals surface area contributed by atoms with E-state index in [1.54, 1.807) is 0 Å². The number of likely N-dealkylation sites (tertiary alicyclic amines) is 1. The summed E-state index contributed by atoms with van der Waals surface area (Å²) in [6.45, 7) is 8.70. The van der Waals surface area contributed by atoms with Crippen molar-refractivity contribution in [2.24, 2.45) is 11.7 Å². The molecule has 20 heavy (non-hydrogen) atoms. The molecule has 1 aliphatic rings. The molecule has 1 saturated heterocycles. The van der Waals surface area contributed by atoms with Gasteiger partial charge in [0.25, 0.3) is 0 Å². The molecular formula is C16H26BrN3. The van der Waals surface area contributed by atoms with Crippen molar-refractivity contribution in [3.05, 3.63) is 28.7 Å². The first kappa shape index (κ1) is 15.8. The van der Waals surface area contributed by atoms with Crippen LogP contribution < -0.4 is 11.1 Å². The molecule has 3 N–H and O–H groups in total. The summed E-state index contributed by atoms with van der Waals surface area (Å²) in [4.78, 5) is 2.56. The van der Waals surface area contributed by atoms with Crippen LogP contribution in [0, 0.1) is 5.92 Å². The predicted octanol–water partition coefficient (Wildman–Crippen LogP) is 3.31. The molecule has 4 heteroatoms. The van der Waals surface area contributed by atoms with Gasteiger partial charge >= 0.3 is 0 Å². The van der Waals surface area contributed by atoms with Gasteiger partial charge < -0.3 is 16.0 Å². The number of piperidine rings is 1. The number of anilines is 1. The van der Waals surface area contributed by atoms with E-state index < -0.39 is 0 Å². The monoisotopic (exact) mass is 339 g/mol. The topological polar surface area (TPSA) is 41.3 Å². The van der Waals surface area contributed by atoms with Crippen LogP contribution in [0.5, 0.6) is 0 Å². The Bertz CT molecular complexity index is 425. The Morgan fingerprint density at radius 2 is 1.95 bits per heavy atom. The maximum Gasteiger partial charge on any atom is 0.0520 e. The fourth-order valence-corrected chi connectivity index (χ4v) is 3.29. The SMILES string of the molecule is CC(C)CN1CCC(CN)(Nc2ccccc2Br)CC1. The van der Waals surface area contributed by atoms with E-state index in [1.807, 2.05) is 6.07 Å². The lowest BCUT2D eigenvalue weighted by atomic mass is 9.87. The van der Waals surface area contributed by atoms with Crippen molar-refractivity contribution in [3.63, 3.8) is 0 Å². The van der Waals surface area contributed by atoms with E-state index in [0.29, 0.717) is 6.54 Å². The number of rotatable bonds is 5. The summed E-state index contributed by atoms with van der Waals surface area (Å²) in [5.74, 6) is 0.733. The highest BCUT2D eigenvalue weighted by atomic mass is 79.9. The Labute approximate surface area is 131 Å². The van der Waals surface area contributed by atoms with Crippen LogP contribution >= 0.6 is 15.9 Å². The van der Waals surface area contributed by atoms with Gasteiger partial charge in [-0.2, -0.15) is 0 Å². The lowest BCUT2D eigenvalue weighted by Gasteiger charge is -2.43. The molecule has 0 unspecified atom stereocenters. The van der Waals surface area contributed by atoms with E-state index in [2.05, 4.69) is 58.2 Å². The van der Waals surface area contributed by atoms with Crippen molar-refractivity contribution in [2.45, 2.75) is 32.2 Å². The third-order valence-electron chi connectivity index (χ3n) is 4.10. The molecule has 1 aromatic carbocycles. The minimum atomic E-state index is 0.0390. The number of nitrogens with two attached hydrogens (primary N) is 1. The molecule has 0 saturated carbocycles. The third-order valence-corrected chi connectivity index (χ3v) is 4.79. The predicted molar refractivity (Wildman–Crippen MR) is 90.1 cm³/mol. The highest BCUT2D eigenvalue weighted by Gasteiger charge is 2.33. The summed E-state index contributed by atoms with van der Waals surface area (Å²) in [5.41, 5.74) is 7.27. The fourth-order valence-electron chi connectivity index (χ4n) is 2.91. The summed E-state index contributed by atoms with van der Waals surface area (Å²) in [6, 6.07) is 8.28. The molecule has 1 aromatic rings. The molecule has 0 atom stereocenters. The van der Waals surface area contributed by atoms with E-state index in [0.717, 1.165) is 42.0 Å². The Morgan fingerprint density at radius 1 is 1.30 bits per heavy atom. The van der Waals surface area contributed by atoms with Gasteiger partial charge in [0.1, 0.15) is 0 Å². The van der Waals surface area contributed by atoms with Crippen LogP contribution in [0.15, 0.2) is 28.7 Å². The summed E-state index contributed by atoms with van der Waals surface area (Å²) in [5, 5.41) is 3.69. The van der Waals surface area contributed by atoms with Crippen LogP contribution in [0.2, 0.25) is 0 Å². The summed E-state index contributed by atoms with van der Waals surface area (Å²) in [6.07, 6.45) is 2.22. The highest BCUT2D eigenvalue weighted by Crippen LogP contribution is 2.30. The molecule has 0 amide bonds. The lowest BCUT2D eigenvalue weighted by molar-refractivity contribution is 0.161. The molecule has 0 spiro atoms. The van der Waals surface area contributed by atoms with Gasteiger partial charge in [0.15, 0.2) is 0 Å². The van der Waals surface area contributed by atoms with Crippen LogP contribution in [-0.4, -0.2) is 36.6 Å². The van der Waals surface area contributed by atoms with Gasteiger partial charge in [-0.3, -0.25) is 0 Å². The molecule has 1 fully saturated rings. The number of nitrogens with zero attached hydrogens (tertiary/aromatic N) is 1. The Hall–Kier alpha value is -0.580. The zero-order chi connectivity index (χ0) is 14.6. The molecule has 0 aromatic heterocycles. The molecular weight excluding hydrogens is 314 g/mol. The van der Waals surface area contributed by atoms with E-state index in [9.17, 15) is 0 Å². The molecule has 112 valence electrons. The van der Waals surface area contributed by atoms with Crippen molar-refractivity contribution in [2.75, 3.05) is 31.5 Å². The minimum Gasteiger partial charge on any atom is -0.377 e. The lowest BCUT2D eigenvalue weighted by Crippen LogP contribution is -2.54. The number of para-hydroxylation sites is 1. The third kappa shape index (κ3) is 3.96. The van der Waals surface area contributed by atoms with Crippen LogP contribution in [0.25, 0.3) is 0 Å². The van der Waals surface area contributed by atoms with Gasteiger partial charge in [0.2, 0.25) is 0 Å². The number of hydrogen-bond donors (Lipinski definition) is 2. The second-order valence-corrected chi connectivity index (χ2v) is 7.14. The highest BCUT2D eigenvalue weighted by molar-refractivity contribution is 9.10. The summed E-state index contributed by atoms with van der Waals surface area (Å²) < 4.78 is 1.11. The van der Waals surface area contributed by atoms with E-state index in [-0.39, 0.29) is 5.54 Å². The molecule has 3 nitrogen and oxygen atoms in total. The standard InChI is InChI=1S/C16H26BrN3/c1-13(2)11-20-9-7-16(12-18,8-10-20)19-15-6-4-3-5-14(15)17/h3-6,13,19H,7-12,18H2,1-2H3. The van der Waals surface area contributed by atoms with Crippen LogP contribution in [0.3, 0.4) is 0 Å². The maximum atomic E-state index is 6.09. The average molecular weight is 340 g/mol. The quantitative estimate of drug-likeness (QED) is 0.864. The van der Waals surface area contributed by atoms with E-state index in [4.69, 9.17) is 5.73 Å². The Morgan fingerprint density at radius 3 is 2.50 bits per heavy atom. The van der Waals surface area contributed by atoms with Crippen molar-refractivity contribution in [1.82, 2.24) is 4.90 Å².